The van der Waals surface area contributed by atoms with E-state index in [9.17, 15) is 4.39 Å². The molecule has 74 valence electrons. The van der Waals surface area contributed by atoms with Crippen molar-refractivity contribution in [3.05, 3.63) is 34.1 Å². The van der Waals surface area contributed by atoms with Gasteiger partial charge in [-0.1, -0.05) is 18.1 Å². The molecular formula is C11H11BrFN. The fraction of sp³-hybridized carbons (Fsp3) is 0.273. The van der Waals surface area contributed by atoms with Crippen LogP contribution in [-0.2, 0) is 6.54 Å². The van der Waals surface area contributed by atoms with E-state index in [1.54, 1.807) is 18.2 Å². The van der Waals surface area contributed by atoms with E-state index in [0.29, 0.717) is 16.6 Å². The molecule has 0 aromatic heterocycles. The Kier molecular flexibility index (Phi) is 4.12. The van der Waals surface area contributed by atoms with Crippen molar-refractivity contribution in [2.45, 2.75) is 19.5 Å². The van der Waals surface area contributed by atoms with Crippen molar-refractivity contribution in [3.8, 4) is 12.3 Å². The number of halogens is 2. The van der Waals surface area contributed by atoms with Gasteiger partial charge in [-0.25, -0.2) is 4.39 Å². The molecule has 0 bridgehead atoms. The van der Waals surface area contributed by atoms with E-state index in [0.717, 1.165) is 0 Å². The van der Waals surface area contributed by atoms with Gasteiger partial charge in [0.05, 0.1) is 10.5 Å². The smallest absolute Gasteiger partial charge is 0.141 e. The lowest BCUT2D eigenvalue weighted by Gasteiger charge is -2.08. The summed E-state index contributed by atoms with van der Waals surface area (Å²) in [6, 6.07) is 5.15. The summed E-state index contributed by atoms with van der Waals surface area (Å²) in [7, 11) is 0. The molecule has 1 rings (SSSR count). The van der Waals surface area contributed by atoms with Crippen molar-refractivity contribution < 1.29 is 4.39 Å². The molecule has 1 unspecified atom stereocenters. The highest BCUT2D eigenvalue weighted by Crippen LogP contribution is 2.18. The Balaban J connectivity index is 2.69. The third-order valence-electron chi connectivity index (χ3n) is 1.88. The van der Waals surface area contributed by atoms with Gasteiger partial charge in [0.1, 0.15) is 5.82 Å². The molecule has 14 heavy (non-hydrogen) atoms. The van der Waals surface area contributed by atoms with Crippen LogP contribution in [0.4, 0.5) is 4.39 Å². The Labute approximate surface area is 91.8 Å². The van der Waals surface area contributed by atoms with Crippen molar-refractivity contribution >= 4 is 15.9 Å². The van der Waals surface area contributed by atoms with Crippen LogP contribution in [0.5, 0.6) is 0 Å². The topological polar surface area (TPSA) is 12.0 Å². The fourth-order valence-electron chi connectivity index (χ4n) is 1.01. The molecule has 3 heteroatoms. The second kappa shape index (κ2) is 5.14. The summed E-state index contributed by atoms with van der Waals surface area (Å²) in [4.78, 5) is 0. The first-order chi connectivity index (χ1) is 6.65. The van der Waals surface area contributed by atoms with Gasteiger partial charge in [0, 0.05) is 12.1 Å². The molecule has 0 aliphatic carbocycles. The molecule has 1 atom stereocenters. The van der Waals surface area contributed by atoms with Crippen LogP contribution in [0.25, 0.3) is 0 Å². The Hall–Kier alpha value is -0.850. The average molecular weight is 256 g/mol. The van der Waals surface area contributed by atoms with Crippen LogP contribution < -0.4 is 5.32 Å². The minimum Gasteiger partial charge on any atom is -0.300 e. The molecular weight excluding hydrogens is 245 g/mol. The van der Waals surface area contributed by atoms with Gasteiger partial charge in [-0.15, -0.1) is 6.42 Å². The number of hydrogen-bond donors (Lipinski definition) is 1. The highest BCUT2D eigenvalue weighted by Gasteiger charge is 2.05. The van der Waals surface area contributed by atoms with E-state index in [2.05, 4.69) is 27.2 Å². The Morgan fingerprint density at radius 2 is 2.36 bits per heavy atom. The minimum atomic E-state index is -0.232. The zero-order valence-corrected chi connectivity index (χ0v) is 9.44. The van der Waals surface area contributed by atoms with Gasteiger partial charge >= 0.3 is 0 Å². The maximum absolute atomic E-state index is 13.4. The normalized spacial score (nSPS) is 12.1. The molecule has 0 heterocycles. The average Bonchev–Trinajstić information content (AvgIpc) is 2.20. The Morgan fingerprint density at radius 1 is 1.64 bits per heavy atom. The number of benzene rings is 1. The molecule has 0 fully saturated rings. The summed E-state index contributed by atoms with van der Waals surface area (Å²) in [6.07, 6.45) is 5.19. The van der Waals surface area contributed by atoms with Crippen molar-refractivity contribution in [2.75, 3.05) is 0 Å². The maximum Gasteiger partial charge on any atom is 0.141 e. The highest BCUT2D eigenvalue weighted by molar-refractivity contribution is 9.10. The van der Waals surface area contributed by atoms with E-state index < -0.39 is 0 Å². The van der Waals surface area contributed by atoms with Crippen molar-refractivity contribution in [1.29, 1.82) is 0 Å². The van der Waals surface area contributed by atoms with Gasteiger partial charge < -0.3 is 0 Å². The quantitative estimate of drug-likeness (QED) is 0.820. The van der Waals surface area contributed by atoms with Gasteiger partial charge in [0.2, 0.25) is 0 Å². The summed E-state index contributed by atoms with van der Waals surface area (Å²) < 4.78 is 13.9. The lowest BCUT2D eigenvalue weighted by atomic mass is 10.2. The van der Waals surface area contributed by atoms with Crippen LogP contribution in [0.1, 0.15) is 12.5 Å². The van der Waals surface area contributed by atoms with E-state index >= 15 is 0 Å². The van der Waals surface area contributed by atoms with Gasteiger partial charge in [-0.05, 0) is 28.9 Å². The van der Waals surface area contributed by atoms with Crippen LogP contribution >= 0.6 is 15.9 Å². The fourth-order valence-corrected chi connectivity index (χ4v) is 1.41. The second-order valence-corrected chi connectivity index (χ2v) is 3.84. The third-order valence-corrected chi connectivity index (χ3v) is 2.49. The summed E-state index contributed by atoms with van der Waals surface area (Å²) in [5.74, 6) is 2.29. The van der Waals surface area contributed by atoms with Crippen LogP contribution in [-0.4, -0.2) is 6.04 Å². The summed E-state index contributed by atoms with van der Waals surface area (Å²) >= 11 is 3.13. The van der Waals surface area contributed by atoms with Crippen LogP contribution in [0, 0.1) is 18.2 Å². The number of nitrogens with one attached hydrogen (secondary N) is 1. The standard InChI is InChI=1S/C11H11BrFN/c1-3-8(2)14-7-9-5-4-6-10(12)11(9)13/h1,4-6,8,14H,7H2,2H3. The number of rotatable bonds is 3. The van der Waals surface area contributed by atoms with E-state index in [4.69, 9.17) is 6.42 Å². The van der Waals surface area contributed by atoms with Gasteiger partial charge in [0.25, 0.3) is 0 Å². The molecule has 0 amide bonds. The molecule has 1 aromatic rings. The molecule has 0 aliphatic heterocycles. The molecule has 1 aromatic carbocycles. The van der Waals surface area contributed by atoms with Crippen molar-refractivity contribution in [1.82, 2.24) is 5.32 Å². The molecule has 0 aliphatic rings. The molecule has 1 N–H and O–H groups in total. The summed E-state index contributed by atoms with van der Waals surface area (Å²) in [6.45, 7) is 2.30. The maximum atomic E-state index is 13.4. The largest absolute Gasteiger partial charge is 0.300 e. The van der Waals surface area contributed by atoms with Gasteiger partial charge in [-0.3, -0.25) is 5.32 Å². The predicted molar refractivity (Wildman–Crippen MR) is 59.2 cm³/mol. The first kappa shape index (κ1) is 11.2. The zero-order valence-electron chi connectivity index (χ0n) is 7.85. The summed E-state index contributed by atoms with van der Waals surface area (Å²) in [5.41, 5.74) is 0.612. The van der Waals surface area contributed by atoms with Crippen LogP contribution in [0.3, 0.4) is 0 Å². The summed E-state index contributed by atoms with van der Waals surface area (Å²) in [5, 5.41) is 3.02. The molecule has 1 nitrogen and oxygen atoms in total. The van der Waals surface area contributed by atoms with Crippen LogP contribution in [0.15, 0.2) is 22.7 Å². The van der Waals surface area contributed by atoms with Gasteiger partial charge in [-0.2, -0.15) is 0 Å². The van der Waals surface area contributed by atoms with Gasteiger partial charge in [0.15, 0.2) is 0 Å². The molecule has 0 radical (unpaired) electrons. The molecule has 0 spiro atoms. The number of terminal acetylenes is 1. The van der Waals surface area contributed by atoms with Crippen molar-refractivity contribution in [3.63, 3.8) is 0 Å². The Morgan fingerprint density at radius 3 is 3.00 bits per heavy atom. The van der Waals surface area contributed by atoms with Crippen LogP contribution in [0.2, 0.25) is 0 Å². The lowest BCUT2D eigenvalue weighted by molar-refractivity contribution is 0.573. The minimum absolute atomic E-state index is 0.0478. The molecule has 0 saturated carbocycles. The lowest BCUT2D eigenvalue weighted by Crippen LogP contribution is -2.24. The first-order valence-electron chi connectivity index (χ1n) is 4.27. The van der Waals surface area contributed by atoms with Crippen molar-refractivity contribution in [2.24, 2.45) is 0 Å². The third kappa shape index (κ3) is 2.83. The Bertz CT molecular complexity index is 357. The monoisotopic (exact) mass is 255 g/mol. The van der Waals surface area contributed by atoms with E-state index in [-0.39, 0.29) is 11.9 Å². The second-order valence-electron chi connectivity index (χ2n) is 2.98. The molecule has 0 saturated heterocycles. The first-order valence-corrected chi connectivity index (χ1v) is 5.07. The van der Waals surface area contributed by atoms with E-state index in [1.165, 1.54) is 0 Å². The number of hydrogen-bond acceptors (Lipinski definition) is 1. The SMILES string of the molecule is C#CC(C)NCc1cccc(Br)c1F. The predicted octanol–water partition coefficient (Wildman–Crippen LogP) is 2.70. The highest BCUT2D eigenvalue weighted by atomic mass is 79.9. The zero-order chi connectivity index (χ0) is 10.6. The van der Waals surface area contributed by atoms with E-state index in [1.807, 2.05) is 6.92 Å².